The minimum atomic E-state index is -0.443. The highest BCUT2D eigenvalue weighted by Gasteiger charge is 2.25. The molecule has 1 N–H and O–H groups in total. The number of methoxy groups -OCH3 is 2. The highest BCUT2D eigenvalue weighted by atomic mass is 16.5. The first-order valence-corrected chi connectivity index (χ1v) is 5.85. The zero-order valence-corrected chi connectivity index (χ0v) is 10.6. The van der Waals surface area contributed by atoms with Crippen molar-refractivity contribution in [1.29, 1.82) is 0 Å². The first-order valence-electron chi connectivity index (χ1n) is 5.85. The summed E-state index contributed by atoms with van der Waals surface area (Å²) in [6.45, 7) is 1.87. The standard InChI is InChI=1S/C13H17NO4/c1-16-9-3-4-10(11(7-9)17-2)13(15)12-8-14-5-6-18-12/h3-4,7,12,14H,5-6,8H2,1-2H3. The highest BCUT2D eigenvalue weighted by molar-refractivity contribution is 6.02. The lowest BCUT2D eigenvalue weighted by Gasteiger charge is -2.23. The third-order valence-corrected chi connectivity index (χ3v) is 2.89. The molecule has 5 heteroatoms. The molecule has 0 spiro atoms. The third-order valence-electron chi connectivity index (χ3n) is 2.89. The Balaban J connectivity index is 2.23. The van der Waals surface area contributed by atoms with Crippen LogP contribution in [0.25, 0.3) is 0 Å². The van der Waals surface area contributed by atoms with Crippen LogP contribution in [0.3, 0.4) is 0 Å². The summed E-state index contributed by atoms with van der Waals surface area (Å²) < 4.78 is 15.8. The second-order valence-electron chi connectivity index (χ2n) is 3.99. The van der Waals surface area contributed by atoms with Gasteiger partial charge in [0.1, 0.15) is 17.6 Å². The predicted octanol–water partition coefficient (Wildman–Crippen LogP) is 0.875. The number of Topliss-reactive ketones (excluding diaryl/α,β-unsaturated/α-hetero) is 1. The molecule has 0 aromatic heterocycles. The van der Waals surface area contributed by atoms with Crippen LogP contribution in [-0.2, 0) is 4.74 Å². The smallest absolute Gasteiger partial charge is 0.196 e. The number of benzene rings is 1. The van der Waals surface area contributed by atoms with Gasteiger partial charge in [-0.1, -0.05) is 0 Å². The van der Waals surface area contributed by atoms with Crippen LogP contribution in [0.5, 0.6) is 11.5 Å². The highest BCUT2D eigenvalue weighted by Crippen LogP contribution is 2.26. The first kappa shape index (κ1) is 12.9. The van der Waals surface area contributed by atoms with Crippen molar-refractivity contribution in [3.63, 3.8) is 0 Å². The first-order chi connectivity index (χ1) is 8.76. The summed E-state index contributed by atoms with van der Waals surface area (Å²) in [4.78, 5) is 12.3. The lowest BCUT2D eigenvalue weighted by Crippen LogP contribution is -2.43. The lowest BCUT2D eigenvalue weighted by molar-refractivity contribution is 0.0267. The van der Waals surface area contributed by atoms with Gasteiger partial charge in [0.05, 0.1) is 26.4 Å². The van der Waals surface area contributed by atoms with Crippen LogP contribution in [-0.4, -0.2) is 45.8 Å². The largest absolute Gasteiger partial charge is 0.497 e. The Bertz CT molecular complexity index is 427. The number of hydrogen-bond acceptors (Lipinski definition) is 5. The van der Waals surface area contributed by atoms with Gasteiger partial charge in [-0.25, -0.2) is 0 Å². The Kier molecular flexibility index (Phi) is 4.17. The number of carbonyl (C=O) groups excluding carboxylic acids is 1. The van der Waals surface area contributed by atoms with Crippen LogP contribution < -0.4 is 14.8 Å². The van der Waals surface area contributed by atoms with Crippen LogP contribution in [0.15, 0.2) is 18.2 Å². The van der Waals surface area contributed by atoms with Crippen molar-refractivity contribution < 1.29 is 19.0 Å². The van der Waals surface area contributed by atoms with E-state index in [1.165, 1.54) is 7.11 Å². The molecule has 0 aliphatic carbocycles. The van der Waals surface area contributed by atoms with E-state index in [9.17, 15) is 4.79 Å². The average molecular weight is 251 g/mol. The number of nitrogens with one attached hydrogen (secondary N) is 1. The number of ether oxygens (including phenoxy) is 3. The van der Waals surface area contributed by atoms with E-state index in [-0.39, 0.29) is 5.78 Å². The van der Waals surface area contributed by atoms with E-state index < -0.39 is 6.10 Å². The molecule has 1 heterocycles. The Hall–Kier alpha value is -1.59. The van der Waals surface area contributed by atoms with E-state index in [1.807, 2.05) is 0 Å². The topological polar surface area (TPSA) is 56.8 Å². The van der Waals surface area contributed by atoms with Gasteiger partial charge in [0.15, 0.2) is 5.78 Å². The van der Waals surface area contributed by atoms with Gasteiger partial charge in [-0.05, 0) is 12.1 Å². The Labute approximate surface area is 106 Å². The monoisotopic (exact) mass is 251 g/mol. The molecule has 0 amide bonds. The van der Waals surface area contributed by atoms with E-state index in [0.717, 1.165) is 6.54 Å². The maximum absolute atomic E-state index is 12.3. The van der Waals surface area contributed by atoms with Crippen LogP contribution in [0.4, 0.5) is 0 Å². The summed E-state index contributed by atoms with van der Waals surface area (Å²) in [5.74, 6) is 1.10. The normalized spacial score (nSPS) is 19.3. The van der Waals surface area contributed by atoms with Crippen molar-refractivity contribution in [2.75, 3.05) is 33.9 Å². The van der Waals surface area contributed by atoms with Crippen molar-refractivity contribution in [1.82, 2.24) is 5.32 Å². The van der Waals surface area contributed by atoms with Gasteiger partial charge in [-0.3, -0.25) is 4.79 Å². The van der Waals surface area contributed by atoms with Crippen molar-refractivity contribution in [3.8, 4) is 11.5 Å². The van der Waals surface area contributed by atoms with Crippen LogP contribution >= 0.6 is 0 Å². The summed E-state index contributed by atoms with van der Waals surface area (Å²) >= 11 is 0. The summed E-state index contributed by atoms with van der Waals surface area (Å²) in [6, 6.07) is 5.15. The molecule has 2 rings (SSSR count). The van der Waals surface area contributed by atoms with Gasteiger partial charge >= 0.3 is 0 Å². The van der Waals surface area contributed by atoms with Crippen molar-refractivity contribution in [2.45, 2.75) is 6.10 Å². The molecule has 1 aliphatic heterocycles. The van der Waals surface area contributed by atoms with E-state index in [1.54, 1.807) is 25.3 Å². The number of ketones is 1. The molecule has 98 valence electrons. The molecule has 1 unspecified atom stereocenters. The fraction of sp³-hybridized carbons (Fsp3) is 0.462. The summed E-state index contributed by atoms with van der Waals surface area (Å²) in [5.41, 5.74) is 0.520. The zero-order chi connectivity index (χ0) is 13.0. The van der Waals surface area contributed by atoms with Crippen LogP contribution in [0.1, 0.15) is 10.4 Å². The molecule has 1 aliphatic rings. The minimum Gasteiger partial charge on any atom is -0.497 e. The molecule has 18 heavy (non-hydrogen) atoms. The molecule has 0 saturated carbocycles. The number of morpholine rings is 1. The third kappa shape index (κ3) is 2.63. The fourth-order valence-electron chi connectivity index (χ4n) is 1.91. The predicted molar refractivity (Wildman–Crippen MR) is 66.5 cm³/mol. The van der Waals surface area contributed by atoms with Gasteiger partial charge in [-0.2, -0.15) is 0 Å². The molecule has 1 atom stereocenters. The summed E-state index contributed by atoms with van der Waals surface area (Å²) in [5, 5.41) is 3.13. The minimum absolute atomic E-state index is 0.0679. The number of rotatable bonds is 4. The quantitative estimate of drug-likeness (QED) is 0.805. The molecule has 1 fully saturated rings. The second-order valence-corrected chi connectivity index (χ2v) is 3.99. The molecular weight excluding hydrogens is 234 g/mol. The molecule has 1 aromatic rings. The molecule has 1 aromatic carbocycles. The Morgan fingerprint density at radius 2 is 2.22 bits per heavy atom. The zero-order valence-electron chi connectivity index (χ0n) is 10.6. The average Bonchev–Trinajstić information content (AvgIpc) is 2.46. The summed E-state index contributed by atoms with van der Waals surface area (Å²) in [7, 11) is 3.11. The lowest BCUT2D eigenvalue weighted by atomic mass is 10.0. The van der Waals surface area contributed by atoms with Gasteiger partial charge in [0, 0.05) is 19.2 Å². The van der Waals surface area contributed by atoms with Gasteiger partial charge < -0.3 is 19.5 Å². The SMILES string of the molecule is COc1ccc(C(=O)C2CNCCO2)c(OC)c1. The molecule has 0 radical (unpaired) electrons. The van der Waals surface area contributed by atoms with E-state index in [2.05, 4.69) is 5.32 Å². The maximum Gasteiger partial charge on any atom is 0.196 e. The number of carbonyl (C=O) groups is 1. The fourth-order valence-corrected chi connectivity index (χ4v) is 1.91. The number of hydrogen-bond donors (Lipinski definition) is 1. The molecule has 5 nitrogen and oxygen atoms in total. The van der Waals surface area contributed by atoms with Crippen LogP contribution in [0, 0.1) is 0 Å². The van der Waals surface area contributed by atoms with Crippen molar-refractivity contribution >= 4 is 5.78 Å². The van der Waals surface area contributed by atoms with E-state index in [4.69, 9.17) is 14.2 Å². The molecule has 0 bridgehead atoms. The second kappa shape index (κ2) is 5.84. The maximum atomic E-state index is 12.3. The van der Waals surface area contributed by atoms with Crippen LogP contribution in [0.2, 0.25) is 0 Å². The Morgan fingerprint density at radius 1 is 1.39 bits per heavy atom. The van der Waals surface area contributed by atoms with Gasteiger partial charge in [-0.15, -0.1) is 0 Å². The molecular formula is C13H17NO4. The summed E-state index contributed by atoms with van der Waals surface area (Å²) in [6.07, 6.45) is -0.443. The molecule has 1 saturated heterocycles. The van der Waals surface area contributed by atoms with Crippen molar-refractivity contribution in [3.05, 3.63) is 23.8 Å². The van der Waals surface area contributed by atoms with Crippen molar-refractivity contribution in [2.24, 2.45) is 0 Å². The van der Waals surface area contributed by atoms with E-state index in [0.29, 0.717) is 30.2 Å². The Morgan fingerprint density at radius 3 is 2.83 bits per heavy atom. The van der Waals surface area contributed by atoms with Gasteiger partial charge in [0.25, 0.3) is 0 Å². The van der Waals surface area contributed by atoms with Gasteiger partial charge in [0.2, 0.25) is 0 Å². The van der Waals surface area contributed by atoms with E-state index >= 15 is 0 Å².